The van der Waals surface area contributed by atoms with Crippen LogP contribution in [0.5, 0.6) is 5.75 Å². The fourth-order valence-electron chi connectivity index (χ4n) is 2.82. The zero-order valence-electron chi connectivity index (χ0n) is 17.2. The van der Waals surface area contributed by atoms with Gasteiger partial charge in [0.25, 0.3) is 10.0 Å². The van der Waals surface area contributed by atoms with Crippen molar-refractivity contribution in [3.05, 3.63) is 83.4 Å². The summed E-state index contributed by atoms with van der Waals surface area (Å²) in [6, 6.07) is 18.7. The fraction of sp³-hybridized carbons (Fsp3) is 0.130. The van der Waals surface area contributed by atoms with E-state index >= 15 is 0 Å². The monoisotopic (exact) mass is 472 g/mol. The van der Waals surface area contributed by atoms with Crippen LogP contribution in [0.15, 0.2) is 77.7 Å². The Balaban J connectivity index is 1.55. The van der Waals surface area contributed by atoms with Gasteiger partial charge in [0.2, 0.25) is 5.91 Å². The largest absolute Gasteiger partial charge is 0.497 e. The molecule has 0 bridgehead atoms. The van der Waals surface area contributed by atoms with E-state index in [0.717, 1.165) is 0 Å². The van der Waals surface area contributed by atoms with Crippen molar-refractivity contribution in [2.24, 2.45) is 0 Å². The molecule has 2 N–H and O–H groups in total. The number of carbonyl (C=O) groups is 2. The highest BCUT2D eigenvalue weighted by atomic mass is 35.5. The lowest BCUT2D eigenvalue weighted by Gasteiger charge is -2.10. The Morgan fingerprint density at radius 3 is 2.03 bits per heavy atom. The molecule has 0 aliphatic carbocycles. The van der Waals surface area contributed by atoms with Gasteiger partial charge in [-0.05, 0) is 72.8 Å². The summed E-state index contributed by atoms with van der Waals surface area (Å²) in [5.41, 5.74) is 1.31. The first kappa shape index (κ1) is 23.3. The normalized spacial score (nSPS) is 10.9. The summed E-state index contributed by atoms with van der Waals surface area (Å²) in [7, 11) is -2.27. The van der Waals surface area contributed by atoms with Crippen LogP contribution in [0.25, 0.3) is 0 Å². The summed E-state index contributed by atoms with van der Waals surface area (Å²) < 4.78 is 32.6. The molecule has 0 saturated carbocycles. The number of ketones is 1. The molecule has 32 heavy (non-hydrogen) atoms. The second-order valence-electron chi connectivity index (χ2n) is 6.84. The maximum atomic E-state index is 12.5. The quantitative estimate of drug-likeness (QED) is 0.437. The van der Waals surface area contributed by atoms with E-state index in [1.165, 1.54) is 31.4 Å². The van der Waals surface area contributed by atoms with Crippen LogP contribution in [0.3, 0.4) is 0 Å². The second kappa shape index (κ2) is 10.3. The summed E-state index contributed by atoms with van der Waals surface area (Å²) in [6.45, 7) is 0. The number of nitrogens with one attached hydrogen (secondary N) is 2. The van der Waals surface area contributed by atoms with E-state index < -0.39 is 10.0 Å². The number of hydrogen-bond acceptors (Lipinski definition) is 5. The van der Waals surface area contributed by atoms with Gasteiger partial charge in [-0.3, -0.25) is 14.3 Å². The number of benzene rings is 3. The smallest absolute Gasteiger partial charge is 0.261 e. The maximum Gasteiger partial charge on any atom is 0.261 e. The molecular formula is C23H21ClN2O5S. The topological polar surface area (TPSA) is 102 Å². The number of halogens is 1. The van der Waals surface area contributed by atoms with Crippen LogP contribution in [0.4, 0.5) is 11.4 Å². The first-order valence-electron chi connectivity index (χ1n) is 9.62. The molecule has 0 heterocycles. The van der Waals surface area contributed by atoms with Crippen LogP contribution < -0.4 is 14.8 Å². The lowest BCUT2D eigenvalue weighted by Crippen LogP contribution is -2.15. The third kappa shape index (κ3) is 6.32. The van der Waals surface area contributed by atoms with Crippen molar-refractivity contribution >= 4 is 44.7 Å². The zero-order valence-corrected chi connectivity index (χ0v) is 18.7. The third-order valence-corrected chi connectivity index (χ3v) is 6.19. The predicted octanol–water partition coefficient (Wildman–Crippen LogP) is 4.75. The van der Waals surface area contributed by atoms with Crippen molar-refractivity contribution in [1.82, 2.24) is 0 Å². The SMILES string of the molecule is COc1ccc(NS(=O)(=O)c2ccc(NC(=O)CCC(=O)c3ccc(Cl)cc3)cc2)cc1. The van der Waals surface area contributed by atoms with Crippen molar-refractivity contribution < 1.29 is 22.7 Å². The highest BCUT2D eigenvalue weighted by molar-refractivity contribution is 7.92. The van der Waals surface area contributed by atoms with Crippen molar-refractivity contribution in [1.29, 1.82) is 0 Å². The van der Waals surface area contributed by atoms with Gasteiger partial charge in [-0.25, -0.2) is 8.42 Å². The molecular weight excluding hydrogens is 452 g/mol. The maximum absolute atomic E-state index is 12.5. The summed E-state index contributed by atoms with van der Waals surface area (Å²) in [5, 5.41) is 3.19. The van der Waals surface area contributed by atoms with Crippen molar-refractivity contribution in [2.45, 2.75) is 17.7 Å². The zero-order chi connectivity index (χ0) is 23.1. The summed E-state index contributed by atoms with van der Waals surface area (Å²) in [6.07, 6.45) is 0.0479. The molecule has 0 unspecified atom stereocenters. The number of rotatable bonds is 9. The fourth-order valence-corrected chi connectivity index (χ4v) is 4.01. The van der Waals surface area contributed by atoms with Gasteiger partial charge in [0.15, 0.2) is 5.78 Å². The Bertz CT molecular complexity index is 1190. The van der Waals surface area contributed by atoms with E-state index in [4.69, 9.17) is 16.3 Å². The first-order chi connectivity index (χ1) is 15.3. The molecule has 3 rings (SSSR count). The number of anilines is 2. The Morgan fingerprint density at radius 2 is 1.44 bits per heavy atom. The average molecular weight is 473 g/mol. The van der Waals surface area contributed by atoms with Crippen LogP contribution in [0.2, 0.25) is 5.02 Å². The molecule has 9 heteroatoms. The summed E-state index contributed by atoms with van der Waals surface area (Å²) in [4.78, 5) is 24.3. The lowest BCUT2D eigenvalue weighted by atomic mass is 10.1. The lowest BCUT2D eigenvalue weighted by molar-refractivity contribution is -0.116. The van der Waals surface area contributed by atoms with Crippen LogP contribution >= 0.6 is 11.6 Å². The standard InChI is InChI=1S/C23H21ClN2O5S/c1-31-20-10-6-19(7-11-20)26-32(29,30)21-12-8-18(9-13-21)25-23(28)15-14-22(27)16-2-4-17(24)5-3-16/h2-13,26H,14-15H2,1H3,(H,25,28). The Kier molecular flexibility index (Phi) is 7.50. The van der Waals surface area contributed by atoms with Gasteiger partial charge >= 0.3 is 0 Å². The number of ether oxygens (including phenoxy) is 1. The molecule has 7 nitrogen and oxygen atoms in total. The van der Waals surface area contributed by atoms with Crippen LogP contribution in [-0.2, 0) is 14.8 Å². The predicted molar refractivity (Wildman–Crippen MR) is 124 cm³/mol. The highest BCUT2D eigenvalue weighted by Crippen LogP contribution is 2.21. The summed E-state index contributed by atoms with van der Waals surface area (Å²) in [5.74, 6) is 0.102. The number of methoxy groups -OCH3 is 1. The molecule has 166 valence electrons. The number of Topliss-reactive ketones (excluding diaryl/α,β-unsaturated/α-hetero) is 1. The minimum Gasteiger partial charge on any atom is -0.497 e. The van der Waals surface area contributed by atoms with E-state index in [9.17, 15) is 18.0 Å². The molecule has 0 aliphatic rings. The van der Waals surface area contributed by atoms with Crippen molar-refractivity contribution in [3.8, 4) is 5.75 Å². The number of amides is 1. The van der Waals surface area contributed by atoms with Gasteiger partial charge in [-0.2, -0.15) is 0 Å². The molecule has 0 aliphatic heterocycles. The van der Waals surface area contributed by atoms with Gasteiger partial charge in [0.05, 0.1) is 12.0 Å². The van der Waals surface area contributed by atoms with E-state index in [2.05, 4.69) is 10.0 Å². The summed E-state index contributed by atoms with van der Waals surface area (Å²) >= 11 is 5.80. The van der Waals surface area contributed by atoms with Gasteiger partial charge in [0.1, 0.15) is 5.75 Å². The van der Waals surface area contributed by atoms with Crippen LogP contribution in [0, 0.1) is 0 Å². The number of hydrogen-bond donors (Lipinski definition) is 2. The second-order valence-corrected chi connectivity index (χ2v) is 8.96. The van der Waals surface area contributed by atoms with Gasteiger partial charge in [0, 0.05) is 34.8 Å². The number of carbonyl (C=O) groups excluding carboxylic acids is 2. The number of sulfonamides is 1. The van der Waals surface area contributed by atoms with Gasteiger partial charge in [-0.15, -0.1) is 0 Å². The Hall–Kier alpha value is -3.36. The molecule has 3 aromatic rings. The van der Waals surface area contributed by atoms with E-state index in [0.29, 0.717) is 27.7 Å². The van der Waals surface area contributed by atoms with E-state index in [-0.39, 0.29) is 29.4 Å². The molecule has 1 amide bonds. The minimum absolute atomic E-state index is 0.000531. The Labute approximate surface area is 191 Å². The van der Waals surface area contributed by atoms with Gasteiger partial charge < -0.3 is 10.1 Å². The van der Waals surface area contributed by atoms with Crippen LogP contribution in [-0.4, -0.2) is 27.2 Å². The molecule has 0 saturated heterocycles. The average Bonchev–Trinajstić information content (AvgIpc) is 2.78. The molecule has 0 spiro atoms. The van der Waals surface area contributed by atoms with E-state index in [1.807, 2.05) is 0 Å². The third-order valence-electron chi connectivity index (χ3n) is 4.54. The van der Waals surface area contributed by atoms with Gasteiger partial charge in [-0.1, -0.05) is 11.6 Å². The minimum atomic E-state index is -3.79. The van der Waals surface area contributed by atoms with Crippen LogP contribution in [0.1, 0.15) is 23.2 Å². The molecule has 0 atom stereocenters. The molecule has 0 fully saturated rings. The first-order valence-corrected chi connectivity index (χ1v) is 11.5. The van der Waals surface area contributed by atoms with E-state index in [1.54, 1.807) is 48.5 Å². The van der Waals surface area contributed by atoms with Crippen molar-refractivity contribution in [2.75, 3.05) is 17.1 Å². The van der Waals surface area contributed by atoms with Crippen molar-refractivity contribution in [3.63, 3.8) is 0 Å². The molecule has 3 aromatic carbocycles. The molecule has 0 radical (unpaired) electrons. The Morgan fingerprint density at radius 1 is 0.844 bits per heavy atom. The molecule has 0 aromatic heterocycles. The highest BCUT2D eigenvalue weighted by Gasteiger charge is 2.15.